The summed E-state index contributed by atoms with van der Waals surface area (Å²) in [5, 5.41) is 12.2. The first-order valence-electron chi connectivity index (χ1n) is 5.56. The van der Waals surface area contributed by atoms with Crippen LogP contribution in [0.3, 0.4) is 0 Å². The first-order chi connectivity index (χ1) is 7.24. The smallest absolute Gasteiger partial charge is 0.317 e. The maximum absolute atomic E-state index is 11.6. The number of hydrogen-bond acceptors (Lipinski definition) is 2. The molecule has 0 bridgehead atoms. The van der Waals surface area contributed by atoms with E-state index in [0.29, 0.717) is 13.1 Å². The van der Waals surface area contributed by atoms with Gasteiger partial charge in [-0.15, -0.1) is 0 Å². The van der Waals surface area contributed by atoms with Gasteiger partial charge in [-0.05, 0) is 26.2 Å². The van der Waals surface area contributed by atoms with Gasteiger partial charge in [-0.2, -0.15) is 0 Å². The van der Waals surface area contributed by atoms with Crippen LogP contribution in [0.4, 0.5) is 4.79 Å². The Labute approximate surface area is 91.0 Å². The molecule has 15 heavy (non-hydrogen) atoms. The Bertz CT molecular complexity index is 229. The second kappa shape index (κ2) is 6.45. The lowest BCUT2D eigenvalue weighted by Crippen LogP contribution is -2.47. The highest BCUT2D eigenvalue weighted by molar-refractivity contribution is 5.74. The largest absolute Gasteiger partial charge is 0.391 e. The van der Waals surface area contributed by atoms with Crippen LogP contribution in [-0.4, -0.2) is 41.8 Å². The Morgan fingerprint density at radius 2 is 2.47 bits per heavy atom. The summed E-state index contributed by atoms with van der Waals surface area (Å²) in [6.07, 6.45) is 6.20. The molecule has 2 N–H and O–H groups in total. The van der Waals surface area contributed by atoms with Crippen molar-refractivity contribution in [3.05, 3.63) is 12.2 Å². The third-order valence-electron chi connectivity index (χ3n) is 2.51. The fourth-order valence-electron chi connectivity index (χ4n) is 1.68. The molecule has 4 nitrogen and oxygen atoms in total. The molecule has 1 saturated heterocycles. The number of amides is 2. The summed E-state index contributed by atoms with van der Waals surface area (Å²) in [6, 6.07) is -0.0572. The van der Waals surface area contributed by atoms with Gasteiger partial charge in [-0.3, -0.25) is 0 Å². The van der Waals surface area contributed by atoms with E-state index in [-0.39, 0.29) is 12.1 Å². The quantitative estimate of drug-likeness (QED) is 0.544. The lowest BCUT2D eigenvalue weighted by atomic mass is 10.1. The van der Waals surface area contributed by atoms with E-state index in [1.807, 2.05) is 19.1 Å². The summed E-state index contributed by atoms with van der Waals surface area (Å²) >= 11 is 0. The fraction of sp³-hybridized carbons (Fsp3) is 0.727. The maximum Gasteiger partial charge on any atom is 0.317 e. The average Bonchev–Trinajstić information content (AvgIpc) is 2.24. The van der Waals surface area contributed by atoms with E-state index in [0.717, 1.165) is 25.8 Å². The highest BCUT2D eigenvalue weighted by atomic mass is 16.3. The number of carbonyl (C=O) groups is 1. The van der Waals surface area contributed by atoms with Crippen LogP contribution in [0, 0.1) is 0 Å². The first kappa shape index (κ1) is 12.0. The number of nitrogens with zero attached hydrogens (tertiary/aromatic N) is 1. The molecule has 0 aliphatic carbocycles. The van der Waals surface area contributed by atoms with Gasteiger partial charge >= 0.3 is 6.03 Å². The van der Waals surface area contributed by atoms with Crippen LogP contribution in [0.15, 0.2) is 12.2 Å². The normalized spacial score (nSPS) is 22.0. The lowest BCUT2D eigenvalue weighted by Gasteiger charge is -2.30. The Hall–Kier alpha value is -1.03. The van der Waals surface area contributed by atoms with Crippen molar-refractivity contribution in [1.82, 2.24) is 10.2 Å². The van der Waals surface area contributed by atoms with Crippen molar-refractivity contribution in [1.29, 1.82) is 0 Å². The molecule has 0 aromatic carbocycles. The highest BCUT2D eigenvalue weighted by Crippen LogP contribution is 2.09. The van der Waals surface area contributed by atoms with Crippen LogP contribution in [0.1, 0.15) is 26.2 Å². The van der Waals surface area contributed by atoms with Gasteiger partial charge in [0.15, 0.2) is 0 Å². The molecule has 2 amide bonds. The molecule has 1 aliphatic rings. The molecule has 0 spiro atoms. The number of likely N-dealkylation sites (tertiary alicyclic amines) is 1. The Morgan fingerprint density at radius 3 is 3.13 bits per heavy atom. The summed E-state index contributed by atoms with van der Waals surface area (Å²) < 4.78 is 0. The molecular formula is C11H20N2O2. The lowest BCUT2D eigenvalue weighted by molar-refractivity contribution is 0.0844. The summed E-state index contributed by atoms with van der Waals surface area (Å²) in [7, 11) is 0. The molecule has 0 aromatic heterocycles. The number of rotatable bonds is 3. The van der Waals surface area contributed by atoms with Crippen LogP contribution in [0.5, 0.6) is 0 Å². The Morgan fingerprint density at radius 1 is 1.67 bits per heavy atom. The number of carbonyl (C=O) groups excluding carboxylic acids is 1. The molecule has 86 valence electrons. The number of β-amino-alcohol motifs (C(OH)–C–C–N with tert-alkyl or cyclic N) is 1. The zero-order valence-electron chi connectivity index (χ0n) is 9.28. The van der Waals surface area contributed by atoms with Crippen LogP contribution < -0.4 is 5.32 Å². The van der Waals surface area contributed by atoms with Crippen LogP contribution in [-0.2, 0) is 0 Å². The molecule has 1 rings (SSSR count). The minimum Gasteiger partial charge on any atom is -0.391 e. The number of hydrogen-bond donors (Lipinski definition) is 2. The van der Waals surface area contributed by atoms with Gasteiger partial charge in [0, 0.05) is 19.6 Å². The standard InChI is InChI=1S/C11H20N2O2/c1-2-3-4-7-12-11(15)13-8-5-6-10(14)9-13/h2-3,10,14H,4-9H2,1H3,(H,12,15). The van der Waals surface area contributed by atoms with Crippen LogP contribution in [0.2, 0.25) is 0 Å². The van der Waals surface area contributed by atoms with E-state index in [1.165, 1.54) is 0 Å². The molecule has 0 saturated carbocycles. The van der Waals surface area contributed by atoms with Crippen molar-refractivity contribution in [2.75, 3.05) is 19.6 Å². The number of piperidine rings is 1. The molecule has 0 radical (unpaired) electrons. The third-order valence-corrected chi connectivity index (χ3v) is 2.51. The summed E-state index contributed by atoms with van der Waals surface area (Å²) in [4.78, 5) is 13.3. The maximum atomic E-state index is 11.6. The summed E-state index contributed by atoms with van der Waals surface area (Å²) in [5.74, 6) is 0. The molecule has 4 heteroatoms. The van der Waals surface area contributed by atoms with Crippen molar-refractivity contribution in [2.45, 2.75) is 32.3 Å². The number of urea groups is 1. The van der Waals surface area contributed by atoms with E-state index in [9.17, 15) is 9.90 Å². The van der Waals surface area contributed by atoms with Gasteiger partial charge in [0.25, 0.3) is 0 Å². The van der Waals surface area contributed by atoms with Gasteiger partial charge in [-0.25, -0.2) is 4.79 Å². The number of nitrogens with one attached hydrogen (secondary N) is 1. The molecular weight excluding hydrogens is 192 g/mol. The average molecular weight is 212 g/mol. The molecule has 1 heterocycles. The molecule has 1 aliphatic heterocycles. The van der Waals surface area contributed by atoms with E-state index in [4.69, 9.17) is 0 Å². The first-order valence-corrected chi connectivity index (χ1v) is 5.56. The molecule has 0 aromatic rings. The predicted octanol–water partition coefficient (Wildman–Crippen LogP) is 1.12. The minimum atomic E-state index is -0.347. The second-order valence-corrected chi connectivity index (χ2v) is 3.83. The zero-order chi connectivity index (χ0) is 11.1. The van der Waals surface area contributed by atoms with Crippen molar-refractivity contribution in [3.63, 3.8) is 0 Å². The van der Waals surface area contributed by atoms with E-state index >= 15 is 0 Å². The van der Waals surface area contributed by atoms with Crippen molar-refractivity contribution in [3.8, 4) is 0 Å². The Kier molecular flexibility index (Phi) is 5.18. The SMILES string of the molecule is CC=CCCNC(=O)N1CCCC(O)C1. The molecule has 1 fully saturated rings. The van der Waals surface area contributed by atoms with Crippen molar-refractivity contribution >= 4 is 6.03 Å². The highest BCUT2D eigenvalue weighted by Gasteiger charge is 2.21. The topological polar surface area (TPSA) is 52.6 Å². The van der Waals surface area contributed by atoms with E-state index in [1.54, 1.807) is 4.90 Å². The Balaban J connectivity index is 2.21. The monoisotopic (exact) mass is 212 g/mol. The van der Waals surface area contributed by atoms with Crippen LogP contribution >= 0.6 is 0 Å². The van der Waals surface area contributed by atoms with Crippen LogP contribution in [0.25, 0.3) is 0 Å². The number of aliphatic hydroxyl groups excluding tert-OH is 1. The number of allylic oxidation sites excluding steroid dienone is 1. The number of aliphatic hydroxyl groups is 1. The van der Waals surface area contributed by atoms with Gasteiger partial charge in [0.05, 0.1) is 6.10 Å². The van der Waals surface area contributed by atoms with Crippen molar-refractivity contribution < 1.29 is 9.90 Å². The third kappa shape index (κ3) is 4.34. The van der Waals surface area contributed by atoms with E-state index in [2.05, 4.69) is 5.32 Å². The predicted molar refractivity (Wildman–Crippen MR) is 59.6 cm³/mol. The summed E-state index contributed by atoms with van der Waals surface area (Å²) in [6.45, 7) is 3.85. The zero-order valence-corrected chi connectivity index (χ0v) is 9.28. The van der Waals surface area contributed by atoms with Gasteiger partial charge in [0.2, 0.25) is 0 Å². The minimum absolute atomic E-state index is 0.0572. The van der Waals surface area contributed by atoms with Gasteiger partial charge in [0.1, 0.15) is 0 Å². The van der Waals surface area contributed by atoms with Gasteiger partial charge in [-0.1, -0.05) is 12.2 Å². The fourth-order valence-corrected chi connectivity index (χ4v) is 1.68. The van der Waals surface area contributed by atoms with Crippen molar-refractivity contribution in [2.24, 2.45) is 0 Å². The molecule has 1 atom stereocenters. The summed E-state index contributed by atoms with van der Waals surface area (Å²) in [5.41, 5.74) is 0. The van der Waals surface area contributed by atoms with Gasteiger partial charge < -0.3 is 15.3 Å². The second-order valence-electron chi connectivity index (χ2n) is 3.83. The molecule has 1 unspecified atom stereocenters. The van der Waals surface area contributed by atoms with E-state index < -0.39 is 0 Å².